The molecule has 0 amide bonds. The lowest BCUT2D eigenvalue weighted by Gasteiger charge is -2.08. The first kappa shape index (κ1) is 12.4. The molecule has 0 N–H and O–H groups in total. The van der Waals surface area contributed by atoms with Gasteiger partial charge < -0.3 is 4.57 Å². The maximum atomic E-state index is 5.93. The van der Waals surface area contributed by atoms with Crippen molar-refractivity contribution < 1.29 is 0 Å². The SMILES string of the molecule is CC(C)CCCn1c(CCl)nc2cccnc21. The minimum atomic E-state index is 0.442. The summed E-state index contributed by atoms with van der Waals surface area (Å²) in [6, 6.07) is 3.89. The van der Waals surface area contributed by atoms with Gasteiger partial charge in [-0.05, 0) is 30.9 Å². The molecule has 0 bridgehead atoms. The van der Waals surface area contributed by atoms with Crippen LogP contribution in [0.4, 0.5) is 0 Å². The van der Waals surface area contributed by atoms with Crippen molar-refractivity contribution in [2.45, 2.75) is 39.1 Å². The molecule has 92 valence electrons. The summed E-state index contributed by atoms with van der Waals surface area (Å²) in [6.45, 7) is 5.44. The van der Waals surface area contributed by atoms with Gasteiger partial charge in [-0.25, -0.2) is 9.97 Å². The predicted octanol–water partition coefficient (Wildman–Crippen LogP) is 3.61. The zero-order valence-electron chi connectivity index (χ0n) is 10.4. The summed E-state index contributed by atoms with van der Waals surface area (Å²) < 4.78 is 2.14. The number of aryl methyl sites for hydroxylation is 1. The number of aromatic nitrogens is 3. The lowest BCUT2D eigenvalue weighted by Crippen LogP contribution is -2.04. The molecule has 0 unspecified atom stereocenters. The van der Waals surface area contributed by atoms with Gasteiger partial charge in [0.2, 0.25) is 0 Å². The highest BCUT2D eigenvalue weighted by atomic mass is 35.5. The zero-order chi connectivity index (χ0) is 12.3. The normalized spacial score (nSPS) is 11.5. The van der Waals surface area contributed by atoms with Crippen molar-refractivity contribution in [2.24, 2.45) is 5.92 Å². The van der Waals surface area contributed by atoms with Crippen LogP contribution in [0.1, 0.15) is 32.5 Å². The van der Waals surface area contributed by atoms with E-state index < -0.39 is 0 Å². The first-order chi connectivity index (χ1) is 8.22. The quantitative estimate of drug-likeness (QED) is 0.760. The van der Waals surface area contributed by atoms with E-state index in [1.165, 1.54) is 6.42 Å². The van der Waals surface area contributed by atoms with E-state index in [0.29, 0.717) is 5.88 Å². The van der Waals surface area contributed by atoms with Gasteiger partial charge in [0.1, 0.15) is 11.3 Å². The molecule has 4 heteroatoms. The zero-order valence-corrected chi connectivity index (χ0v) is 11.1. The third-order valence-corrected chi connectivity index (χ3v) is 3.10. The van der Waals surface area contributed by atoms with Crippen molar-refractivity contribution in [3.63, 3.8) is 0 Å². The molecule has 2 aromatic heterocycles. The second kappa shape index (κ2) is 5.50. The molecule has 0 aliphatic heterocycles. The van der Waals surface area contributed by atoms with Crippen molar-refractivity contribution in [1.29, 1.82) is 0 Å². The van der Waals surface area contributed by atoms with Crippen LogP contribution in [0.3, 0.4) is 0 Å². The third kappa shape index (κ3) is 2.78. The van der Waals surface area contributed by atoms with E-state index in [9.17, 15) is 0 Å². The molecule has 0 aliphatic rings. The fraction of sp³-hybridized carbons (Fsp3) is 0.538. The second-order valence-electron chi connectivity index (χ2n) is 4.70. The van der Waals surface area contributed by atoms with Gasteiger partial charge in [-0.15, -0.1) is 11.6 Å². The Balaban J connectivity index is 2.24. The minimum absolute atomic E-state index is 0.442. The summed E-state index contributed by atoms with van der Waals surface area (Å²) in [6.07, 6.45) is 4.17. The number of fused-ring (bicyclic) bond motifs is 1. The molecule has 0 radical (unpaired) electrons. The Kier molecular flexibility index (Phi) is 4.00. The first-order valence-electron chi connectivity index (χ1n) is 6.08. The molecular weight excluding hydrogens is 234 g/mol. The number of hydrogen-bond acceptors (Lipinski definition) is 2. The number of pyridine rings is 1. The molecule has 0 aliphatic carbocycles. The van der Waals surface area contributed by atoms with E-state index in [1.54, 1.807) is 6.20 Å². The van der Waals surface area contributed by atoms with E-state index in [4.69, 9.17) is 11.6 Å². The van der Waals surface area contributed by atoms with Crippen LogP contribution >= 0.6 is 11.6 Å². The van der Waals surface area contributed by atoms with E-state index in [1.807, 2.05) is 12.1 Å². The number of imidazole rings is 1. The van der Waals surface area contributed by atoms with E-state index >= 15 is 0 Å². The highest BCUT2D eigenvalue weighted by molar-refractivity contribution is 6.16. The molecule has 2 rings (SSSR count). The summed E-state index contributed by atoms with van der Waals surface area (Å²) in [5, 5.41) is 0. The molecule has 0 fully saturated rings. The molecule has 17 heavy (non-hydrogen) atoms. The fourth-order valence-corrected chi connectivity index (χ4v) is 2.20. The van der Waals surface area contributed by atoms with Crippen LogP contribution in [0.2, 0.25) is 0 Å². The second-order valence-corrected chi connectivity index (χ2v) is 4.96. The van der Waals surface area contributed by atoms with E-state index in [-0.39, 0.29) is 0 Å². The molecule has 0 saturated carbocycles. The van der Waals surface area contributed by atoms with Gasteiger partial charge in [-0.2, -0.15) is 0 Å². The smallest absolute Gasteiger partial charge is 0.160 e. The molecule has 0 spiro atoms. The van der Waals surface area contributed by atoms with Crippen molar-refractivity contribution >= 4 is 22.8 Å². The average molecular weight is 252 g/mol. The Morgan fingerprint density at radius 2 is 2.24 bits per heavy atom. The van der Waals surface area contributed by atoms with E-state index in [0.717, 1.165) is 35.9 Å². The van der Waals surface area contributed by atoms with Gasteiger partial charge in [0.15, 0.2) is 5.65 Å². The molecular formula is C13H18ClN3. The Hall–Kier alpha value is -1.09. The highest BCUT2D eigenvalue weighted by Crippen LogP contribution is 2.16. The van der Waals surface area contributed by atoms with Crippen LogP contribution in [0, 0.1) is 5.92 Å². The van der Waals surface area contributed by atoms with Gasteiger partial charge in [0, 0.05) is 12.7 Å². The largest absolute Gasteiger partial charge is 0.312 e. The average Bonchev–Trinajstić information content (AvgIpc) is 2.67. The number of halogens is 1. The summed E-state index contributed by atoms with van der Waals surface area (Å²) >= 11 is 5.93. The van der Waals surface area contributed by atoms with Gasteiger partial charge in [-0.3, -0.25) is 0 Å². The number of rotatable bonds is 5. The molecule has 2 aromatic rings. The van der Waals surface area contributed by atoms with Crippen molar-refractivity contribution in [1.82, 2.24) is 14.5 Å². The standard InChI is InChI=1S/C13H18ClN3/c1-10(2)5-4-8-17-12(9-14)16-11-6-3-7-15-13(11)17/h3,6-7,10H,4-5,8-9H2,1-2H3. The maximum Gasteiger partial charge on any atom is 0.160 e. The lowest BCUT2D eigenvalue weighted by molar-refractivity contribution is 0.511. The van der Waals surface area contributed by atoms with Gasteiger partial charge in [0.05, 0.1) is 5.88 Å². The topological polar surface area (TPSA) is 30.7 Å². The van der Waals surface area contributed by atoms with Crippen LogP contribution in [0.15, 0.2) is 18.3 Å². The summed E-state index contributed by atoms with van der Waals surface area (Å²) in [5.41, 5.74) is 1.89. The monoisotopic (exact) mass is 251 g/mol. The van der Waals surface area contributed by atoms with Gasteiger partial charge in [0.25, 0.3) is 0 Å². The minimum Gasteiger partial charge on any atom is -0.312 e. The number of alkyl halides is 1. The molecule has 3 nitrogen and oxygen atoms in total. The van der Waals surface area contributed by atoms with Crippen molar-refractivity contribution in [3.05, 3.63) is 24.2 Å². The maximum absolute atomic E-state index is 5.93. The van der Waals surface area contributed by atoms with Crippen LogP contribution < -0.4 is 0 Å². The van der Waals surface area contributed by atoms with Crippen molar-refractivity contribution in [3.8, 4) is 0 Å². The van der Waals surface area contributed by atoms with Gasteiger partial charge >= 0.3 is 0 Å². The Morgan fingerprint density at radius 3 is 2.94 bits per heavy atom. The molecule has 0 saturated heterocycles. The van der Waals surface area contributed by atoms with Gasteiger partial charge in [-0.1, -0.05) is 13.8 Å². The third-order valence-electron chi connectivity index (χ3n) is 2.87. The fourth-order valence-electron chi connectivity index (χ4n) is 2.00. The molecule has 0 atom stereocenters. The highest BCUT2D eigenvalue weighted by Gasteiger charge is 2.10. The lowest BCUT2D eigenvalue weighted by atomic mass is 10.1. The van der Waals surface area contributed by atoms with E-state index in [2.05, 4.69) is 28.4 Å². The van der Waals surface area contributed by atoms with Crippen LogP contribution in [-0.4, -0.2) is 14.5 Å². The van der Waals surface area contributed by atoms with Crippen molar-refractivity contribution in [2.75, 3.05) is 0 Å². The number of hydrogen-bond donors (Lipinski definition) is 0. The Bertz CT molecular complexity index is 490. The van der Waals surface area contributed by atoms with Crippen LogP contribution in [0.5, 0.6) is 0 Å². The molecule has 0 aromatic carbocycles. The first-order valence-corrected chi connectivity index (χ1v) is 6.62. The Labute approximate surface area is 107 Å². The summed E-state index contributed by atoms with van der Waals surface area (Å²) in [5.74, 6) is 2.10. The predicted molar refractivity (Wildman–Crippen MR) is 71.2 cm³/mol. The summed E-state index contributed by atoms with van der Waals surface area (Å²) in [4.78, 5) is 8.89. The summed E-state index contributed by atoms with van der Waals surface area (Å²) in [7, 11) is 0. The van der Waals surface area contributed by atoms with Crippen LogP contribution in [0.25, 0.3) is 11.2 Å². The molecule has 2 heterocycles. The van der Waals surface area contributed by atoms with Crippen LogP contribution in [-0.2, 0) is 12.4 Å². The number of nitrogens with zero attached hydrogens (tertiary/aromatic N) is 3. The Morgan fingerprint density at radius 1 is 1.41 bits per heavy atom.